The molecule has 0 saturated heterocycles. The quantitative estimate of drug-likeness (QED) is 0.835. The summed E-state index contributed by atoms with van der Waals surface area (Å²) in [4.78, 5) is 15.8. The molecule has 2 atom stereocenters. The zero-order chi connectivity index (χ0) is 14.4. The van der Waals surface area contributed by atoms with E-state index in [0.717, 1.165) is 6.54 Å². The smallest absolute Gasteiger partial charge is 0.253 e. The highest BCUT2D eigenvalue weighted by atomic mass is 16.3. The van der Waals surface area contributed by atoms with Crippen molar-refractivity contribution in [1.82, 2.24) is 14.9 Å². The summed E-state index contributed by atoms with van der Waals surface area (Å²) in [6.07, 6.45) is 4.25. The molecular weight excluding hydrogens is 254 g/mol. The SMILES string of the molecule is CC(CNC(=O)C(O)c1ccccc1)Cn1ccnc1. The molecule has 0 fully saturated rings. The van der Waals surface area contributed by atoms with E-state index in [1.165, 1.54) is 0 Å². The summed E-state index contributed by atoms with van der Waals surface area (Å²) >= 11 is 0. The molecule has 5 heteroatoms. The second-order valence-electron chi connectivity index (χ2n) is 4.92. The van der Waals surface area contributed by atoms with Gasteiger partial charge in [0.05, 0.1) is 6.33 Å². The third kappa shape index (κ3) is 3.93. The number of benzene rings is 1. The third-order valence-corrected chi connectivity index (χ3v) is 3.07. The van der Waals surface area contributed by atoms with Crippen molar-refractivity contribution in [2.75, 3.05) is 6.54 Å². The lowest BCUT2D eigenvalue weighted by molar-refractivity contribution is -0.129. The average molecular weight is 273 g/mol. The van der Waals surface area contributed by atoms with Crippen LogP contribution in [0.3, 0.4) is 0 Å². The molecule has 0 aliphatic rings. The number of nitrogens with zero attached hydrogens (tertiary/aromatic N) is 2. The molecule has 1 aromatic carbocycles. The number of carbonyl (C=O) groups is 1. The summed E-state index contributed by atoms with van der Waals surface area (Å²) in [6.45, 7) is 3.33. The molecular formula is C15H19N3O2. The monoisotopic (exact) mass is 273 g/mol. The van der Waals surface area contributed by atoms with Gasteiger partial charge in [0.25, 0.3) is 5.91 Å². The van der Waals surface area contributed by atoms with Gasteiger partial charge in [-0.15, -0.1) is 0 Å². The second kappa shape index (κ2) is 6.86. The predicted molar refractivity (Wildman–Crippen MR) is 75.8 cm³/mol. The first-order chi connectivity index (χ1) is 9.66. The van der Waals surface area contributed by atoms with Gasteiger partial charge in [0, 0.05) is 25.5 Å². The molecule has 0 aliphatic heterocycles. The van der Waals surface area contributed by atoms with Crippen LogP contribution in [-0.2, 0) is 11.3 Å². The molecule has 2 aromatic rings. The Morgan fingerprint density at radius 2 is 2.15 bits per heavy atom. The zero-order valence-corrected chi connectivity index (χ0v) is 11.4. The van der Waals surface area contributed by atoms with Gasteiger partial charge in [0.15, 0.2) is 6.10 Å². The topological polar surface area (TPSA) is 67.2 Å². The third-order valence-electron chi connectivity index (χ3n) is 3.07. The fourth-order valence-electron chi connectivity index (χ4n) is 1.98. The maximum Gasteiger partial charge on any atom is 0.253 e. The van der Waals surface area contributed by atoms with Gasteiger partial charge in [-0.2, -0.15) is 0 Å². The van der Waals surface area contributed by atoms with Gasteiger partial charge in [-0.05, 0) is 11.5 Å². The van der Waals surface area contributed by atoms with Crippen molar-refractivity contribution in [3.05, 3.63) is 54.6 Å². The van der Waals surface area contributed by atoms with Crippen molar-refractivity contribution >= 4 is 5.91 Å². The van der Waals surface area contributed by atoms with Crippen LogP contribution in [0.25, 0.3) is 0 Å². The summed E-state index contributed by atoms with van der Waals surface area (Å²) in [5.74, 6) is -0.107. The number of nitrogens with one attached hydrogen (secondary N) is 1. The number of rotatable bonds is 6. The Labute approximate surface area is 118 Å². The molecule has 0 aliphatic carbocycles. The van der Waals surface area contributed by atoms with Gasteiger partial charge in [0.2, 0.25) is 0 Å². The van der Waals surface area contributed by atoms with Crippen LogP contribution < -0.4 is 5.32 Å². The first-order valence-electron chi connectivity index (χ1n) is 6.63. The van der Waals surface area contributed by atoms with Crippen molar-refractivity contribution in [3.63, 3.8) is 0 Å². The van der Waals surface area contributed by atoms with Crippen molar-refractivity contribution < 1.29 is 9.90 Å². The largest absolute Gasteiger partial charge is 0.378 e. The summed E-state index contributed by atoms with van der Waals surface area (Å²) in [5.41, 5.74) is 0.604. The number of hydrogen-bond donors (Lipinski definition) is 2. The van der Waals surface area contributed by atoms with E-state index in [4.69, 9.17) is 0 Å². The lowest BCUT2D eigenvalue weighted by Gasteiger charge is -2.15. The van der Waals surface area contributed by atoms with Gasteiger partial charge in [-0.25, -0.2) is 4.98 Å². The summed E-state index contributed by atoms with van der Waals surface area (Å²) in [6, 6.07) is 8.92. The van der Waals surface area contributed by atoms with E-state index in [0.29, 0.717) is 12.1 Å². The Morgan fingerprint density at radius 3 is 2.80 bits per heavy atom. The minimum atomic E-state index is -1.11. The van der Waals surface area contributed by atoms with Gasteiger partial charge >= 0.3 is 0 Å². The molecule has 0 bridgehead atoms. The Balaban J connectivity index is 1.80. The van der Waals surface area contributed by atoms with Crippen LogP contribution in [0.4, 0.5) is 0 Å². The van der Waals surface area contributed by atoms with Gasteiger partial charge in [-0.1, -0.05) is 37.3 Å². The van der Waals surface area contributed by atoms with Crippen LogP contribution in [-0.4, -0.2) is 27.1 Å². The predicted octanol–water partition coefficient (Wildman–Crippen LogP) is 1.37. The molecule has 2 unspecified atom stereocenters. The molecule has 1 amide bonds. The van der Waals surface area contributed by atoms with E-state index in [1.807, 2.05) is 23.8 Å². The fraction of sp³-hybridized carbons (Fsp3) is 0.333. The standard InChI is InChI=1S/C15H19N3O2/c1-12(10-18-8-7-16-11-18)9-17-15(20)14(19)13-5-3-2-4-6-13/h2-8,11-12,14,19H,9-10H2,1H3,(H,17,20). The number of aromatic nitrogens is 2. The van der Waals surface area contributed by atoms with Gasteiger partial charge in [0.1, 0.15) is 0 Å². The van der Waals surface area contributed by atoms with Crippen molar-refractivity contribution in [3.8, 4) is 0 Å². The molecule has 0 spiro atoms. The van der Waals surface area contributed by atoms with E-state index in [2.05, 4.69) is 10.3 Å². The molecule has 2 N–H and O–H groups in total. The molecule has 0 saturated carbocycles. The van der Waals surface area contributed by atoms with E-state index < -0.39 is 6.10 Å². The van der Waals surface area contributed by atoms with Crippen LogP contribution in [0.5, 0.6) is 0 Å². The molecule has 0 radical (unpaired) electrons. The zero-order valence-electron chi connectivity index (χ0n) is 11.4. The number of carbonyl (C=O) groups excluding carboxylic acids is 1. The van der Waals surface area contributed by atoms with Crippen LogP contribution in [0.2, 0.25) is 0 Å². The molecule has 1 heterocycles. The number of aliphatic hydroxyl groups is 1. The summed E-state index contributed by atoms with van der Waals surface area (Å²) < 4.78 is 1.96. The fourth-order valence-corrected chi connectivity index (χ4v) is 1.98. The lowest BCUT2D eigenvalue weighted by atomic mass is 10.1. The highest BCUT2D eigenvalue weighted by Gasteiger charge is 2.17. The average Bonchev–Trinajstić information content (AvgIpc) is 2.97. The van der Waals surface area contributed by atoms with E-state index in [1.54, 1.807) is 36.8 Å². The van der Waals surface area contributed by atoms with Gasteiger partial charge in [-0.3, -0.25) is 4.79 Å². The summed E-state index contributed by atoms with van der Waals surface area (Å²) in [5, 5.41) is 12.7. The van der Waals surface area contributed by atoms with Crippen molar-refractivity contribution in [2.45, 2.75) is 19.6 Å². The maximum absolute atomic E-state index is 11.9. The number of hydrogen-bond acceptors (Lipinski definition) is 3. The minimum absolute atomic E-state index is 0.260. The number of aliphatic hydroxyl groups excluding tert-OH is 1. The first-order valence-corrected chi connectivity index (χ1v) is 6.63. The minimum Gasteiger partial charge on any atom is -0.378 e. The molecule has 5 nitrogen and oxygen atoms in total. The van der Waals surface area contributed by atoms with Crippen molar-refractivity contribution in [1.29, 1.82) is 0 Å². The number of amides is 1. The van der Waals surface area contributed by atoms with E-state index >= 15 is 0 Å². The lowest BCUT2D eigenvalue weighted by Crippen LogP contribution is -2.33. The van der Waals surface area contributed by atoms with E-state index in [9.17, 15) is 9.90 Å². The van der Waals surface area contributed by atoms with Crippen LogP contribution in [0.1, 0.15) is 18.6 Å². The van der Waals surface area contributed by atoms with Crippen LogP contribution >= 0.6 is 0 Å². The molecule has 20 heavy (non-hydrogen) atoms. The maximum atomic E-state index is 11.9. The Kier molecular flexibility index (Phi) is 4.90. The number of imidazole rings is 1. The Morgan fingerprint density at radius 1 is 1.40 bits per heavy atom. The normalized spacial score (nSPS) is 13.7. The van der Waals surface area contributed by atoms with Crippen LogP contribution in [0.15, 0.2) is 49.1 Å². The molecule has 1 aromatic heterocycles. The second-order valence-corrected chi connectivity index (χ2v) is 4.92. The molecule has 2 rings (SSSR count). The Bertz CT molecular complexity index is 525. The highest BCUT2D eigenvalue weighted by molar-refractivity contribution is 5.81. The van der Waals surface area contributed by atoms with E-state index in [-0.39, 0.29) is 11.8 Å². The van der Waals surface area contributed by atoms with Crippen molar-refractivity contribution in [2.24, 2.45) is 5.92 Å². The summed E-state index contributed by atoms with van der Waals surface area (Å²) in [7, 11) is 0. The highest BCUT2D eigenvalue weighted by Crippen LogP contribution is 2.12. The Hall–Kier alpha value is -2.14. The molecule has 106 valence electrons. The first kappa shape index (κ1) is 14.3. The van der Waals surface area contributed by atoms with Gasteiger partial charge < -0.3 is 15.0 Å². The van der Waals surface area contributed by atoms with Crippen LogP contribution in [0, 0.1) is 5.92 Å².